The lowest BCUT2D eigenvalue weighted by Gasteiger charge is -2.21. The molecule has 25 heavy (non-hydrogen) atoms. The fourth-order valence-electron chi connectivity index (χ4n) is 3.85. The molecule has 2 aliphatic rings. The largest absolute Gasteiger partial charge is 0.321 e. The first kappa shape index (κ1) is 15.8. The number of allylic oxidation sites excluding steroid dienone is 1. The van der Waals surface area contributed by atoms with E-state index in [9.17, 15) is 9.59 Å². The van der Waals surface area contributed by atoms with Crippen LogP contribution in [-0.2, 0) is 4.79 Å². The second kappa shape index (κ2) is 6.67. The van der Waals surface area contributed by atoms with Crippen LogP contribution in [0.15, 0.2) is 54.6 Å². The summed E-state index contributed by atoms with van der Waals surface area (Å²) < 4.78 is 0. The fraction of sp³-hybridized carbons (Fsp3) is 0.273. The molecular weight excluding hydrogens is 310 g/mol. The fourth-order valence-corrected chi connectivity index (χ4v) is 3.85. The van der Waals surface area contributed by atoms with Gasteiger partial charge in [-0.3, -0.25) is 9.59 Å². The van der Waals surface area contributed by atoms with E-state index in [1.807, 2.05) is 36.4 Å². The molecule has 1 aliphatic heterocycles. The van der Waals surface area contributed by atoms with Crippen LogP contribution in [0.3, 0.4) is 0 Å². The Bertz CT molecular complexity index is 843. The molecule has 0 spiro atoms. The smallest absolute Gasteiger partial charge is 0.256 e. The molecule has 1 fully saturated rings. The van der Waals surface area contributed by atoms with Gasteiger partial charge in [-0.15, -0.1) is 0 Å². The molecule has 0 atom stereocenters. The van der Waals surface area contributed by atoms with E-state index in [1.54, 1.807) is 0 Å². The lowest BCUT2D eigenvalue weighted by molar-refractivity contribution is -0.110. The highest BCUT2D eigenvalue weighted by Gasteiger charge is 2.24. The summed E-state index contributed by atoms with van der Waals surface area (Å²) in [5.41, 5.74) is 3.95. The number of rotatable bonds is 3. The van der Waals surface area contributed by atoms with Crippen molar-refractivity contribution in [2.75, 3.05) is 5.32 Å². The first-order chi connectivity index (χ1) is 12.2. The molecule has 1 heterocycles. The summed E-state index contributed by atoms with van der Waals surface area (Å²) in [6, 6.07) is 15.4. The standard InChI is InChI=1S/C22H21NO2/c24-21(14-19-18-8-4-5-9-20(18)23-22(19)25)17-12-10-16(11-13-17)15-6-2-1-3-7-15/h4-5,8-15H,1-3,6-7H2,(H,23,25)/b19-14-. The average Bonchev–Trinajstić information content (AvgIpc) is 2.98. The lowest BCUT2D eigenvalue weighted by atomic mass is 9.84. The Labute approximate surface area is 147 Å². The van der Waals surface area contributed by atoms with Gasteiger partial charge in [0.15, 0.2) is 5.78 Å². The topological polar surface area (TPSA) is 46.2 Å². The number of fused-ring (bicyclic) bond motifs is 1. The third kappa shape index (κ3) is 3.14. The molecular formula is C22H21NO2. The first-order valence-corrected chi connectivity index (χ1v) is 8.99. The normalized spacial score (nSPS) is 18.9. The predicted molar refractivity (Wildman–Crippen MR) is 99.6 cm³/mol. The molecule has 2 aromatic rings. The van der Waals surface area contributed by atoms with Crippen molar-refractivity contribution in [2.45, 2.75) is 38.0 Å². The van der Waals surface area contributed by atoms with Crippen LogP contribution in [0.2, 0.25) is 0 Å². The molecule has 1 aliphatic carbocycles. The quantitative estimate of drug-likeness (QED) is 0.639. The average molecular weight is 331 g/mol. The molecule has 1 N–H and O–H groups in total. The molecule has 126 valence electrons. The molecule has 1 saturated carbocycles. The summed E-state index contributed by atoms with van der Waals surface area (Å²) in [4.78, 5) is 24.7. The van der Waals surface area contributed by atoms with Crippen molar-refractivity contribution >= 4 is 23.0 Å². The number of benzene rings is 2. The number of ketones is 1. The van der Waals surface area contributed by atoms with Gasteiger partial charge < -0.3 is 5.32 Å². The first-order valence-electron chi connectivity index (χ1n) is 8.99. The van der Waals surface area contributed by atoms with Gasteiger partial charge in [0.1, 0.15) is 0 Å². The van der Waals surface area contributed by atoms with E-state index in [0.29, 0.717) is 17.1 Å². The number of amides is 1. The van der Waals surface area contributed by atoms with Crippen LogP contribution in [0, 0.1) is 0 Å². The van der Waals surface area contributed by atoms with Crippen molar-refractivity contribution in [3.63, 3.8) is 0 Å². The lowest BCUT2D eigenvalue weighted by Crippen LogP contribution is -2.07. The molecule has 0 radical (unpaired) electrons. The van der Waals surface area contributed by atoms with E-state index < -0.39 is 0 Å². The third-order valence-electron chi connectivity index (χ3n) is 5.26. The Morgan fingerprint density at radius 1 is 0.960 bits per heavy atom. The van der Waals surface area contributed by atoms with E-state index in [1.165, 1.54) is 43.7 Å². The third-order valence-corrected chi connectivity index (χ3v) is 5.26. The Hall–Kier alpha value is -2.68. The number of carbonyl (C=O) groups excluding carboxylic acids is 2. The van der Waals surface area contributed by atoms with Crippen molar-refractivity contribution in [3.8, 4) is 0 Å². The molecule has 0 aromatic heterocycles. The maximum Gasteiger partial charge on any atom is 0.256 e. The molecule has 0 saturated heterocycles. The molecule has 0 bridgehead atoms. The van der Waals surface area contributed by atoms with E-state index >= 15 is 0 Å². The minimum absolute atomic E-state index is 0.128. The molecule has 3 heteroatoms. The number of nitrogens with one attached hydrogen (secondary N) is 1. The SMILES string of the molecule is O=C1Nc2ccccc2/C1=C/C(=O)c1ccc(C2CCCCC2)cc1. The van der Waals surface area contributed by atoms with Gasteiger partial charge in [-0.2, -0.15) is 0 Å². The van der Waals surface area contributed by atoms with Crippen LogP contribution in [0.1, 0.15) is 59.5 Å². The van der Waals surface area contributed by atoms with Gasteiger partial charge in [0, 0.05) is 16.8 Å². The van der Waals surface area contributed by atoms with Crippen molar-refractivity contribution < 1.29 is 9.59 Å². The summed E-state index contributed by atoms with van der Waals surface area (Å²) in [6.07, 6.45) is 7.88. The number of hydrogen-bond acceptors (Lipinski definition) is 2. The van der Waals surface area contributed by atoms with E-state index in [4.69, 9.17) is 0 Å². The van der Waals surface area contributed by atoms with Gasteiger partial charge in [0.25, 0.3) is 5.91 Å². The zero-order chi connectivity index (χ0) is 17.2. The summed E-state index contributed by atoms with van der Waals surface area (Å²) in [7, 11) is 0. The highest BCUT2D eigenvalue weighted by Crippen LogP contribution is 2.33. The zero-order valence-corrected chi connectivity index (χ0v) is 14.1. The van der Waals surface area contributed by atoms with Gasteiger partial charge in [0.2, 0.25) is 0 Å². The molecule has 1 amide bonds. The van der Waals surface area contributed by atoms with Crippen LogP contribution in [0.25, 0.3) is 5.57 Å². The predicted octanol–water partition coefficient (Wildman–Crippen LogP) is 4.95. The molecule has 4 rings (SSSR count). The van der Waals surface area contributed by atoms with Crippen LogP contribution >= 0.6 is 0 Å². The Balaban J connectivity index is 1.56. The minimum Gasteiger partial charge on any atom is -0.321 e. The van der Waals surface area contributed by atoms with Gasteiger partial charge >= 0.3 is 0 Å². The Kier molecular flexibility index (Phi) is 4.22. The Morgan fingerprint density at radius 3 is 2.44 bits per heavy atom. The van der Waals surface area contributed by atoms with Crippen LogP contribution in [-0.4, -0.2) is 11.7 Å². The Morgan fingerprint density at radius 2 is 1.68 bits per heavy atom. The van der Waals surface area contributed by atoms with Gasteiger partial charge in [-0.1, -0.05) is 61.7 Å². The summed E-state index contributed by atoms with van der Waals surface area (Å²) in [5, 5.41) is 2.80. The molecule has 2 aromatic carbocycles. The minimum atomic E-state index is -0.214. The van der Waals surface area contributed by atoms with Gasteiger partial charge in [-0.25, -0.2) is 0 Å². The monoisotopic (exact) mass is 331 g/mol. The summed E-state index contributed by atoms with van der Waals surface area (Å²) >= 11 is 0. The van der Waals surface area contributed by atoms with Gasteiger partial charge in [0.05, 0.1) is 5.57 Å². The maximum absolute atomic E-state index is 12.6. The summed E-state index contributed by atoms with van der Waals surface area (Å²) in [6.45, 7) is 0. The molecule has 0 unspecified atom stereocenters. The van der Waals surface area contributed by atoms with Gasteiger partial charge in [-0.05, 0) is 36.5 Å². The van der Waals surface area contributed by atoms with E-state index in [2.05, 4.69) is 17.4 Å². The van der Waals surface area contributed by atoms with E-state index in [-0.39, 0.29) is 11.7 Å². The van der Waals surface area contributed by atoms with Crippen molar-refractivity contribution in [1.82, 2.24) is 0 Å². The number of para-hydroxylation sites is 1. The van der Waals surface area contributed by atoms with Crippen molar-refractivity contribution in [1.29, 1.82) is 0 Å². The number of hydrogen-bond donors (Lipinski definition) is 1. The maximum atomic E-state index is 12.6. The zero-order valence-electron chi connectivity index (χ0n) is 14.1. The van der Waals surface area contributed by atoms with Crippen LogP contribution in [0.5, 0.6) is 0 Å². The second-order valence-corrected chi connectivity index (χ2v) is 6.88. The number of carbonyl (C=O) groups is 2. The van der Waals surface area contributed by atoms with Crippen LogP contribution < -0.4 is 5.32 Å². The second-order valence-electron chi connectivity index (χ2n) is 6.88. The summed E-state index contributed by atoms with van der Waals surface area (Å²) in [5.74, 6) is 0.286. The molecule has 3 nitrogen and oxygen atoms in total. The van der Waals surface area contributed by atoms with Crippen molar-refractivity contribution in [3.05, 3.63) is 71.3 Å². The highest BCUT2D eigenvalue weighted by molar-refractivity contribution is 6.35. The van der Waals surface area contributed by atoms with Crippen LogP contribution in [0.4, 0.5) is 5.69 Å². The van der Waals surface area contributed by atoms with Crippen molar-refractivity contribution in [2.24, 2.45) is 0 Å². The number of anilines is 1. The highest BCUT2D eigenvalue weighted by atomic mass is 16.2. The van der Waals surface area contributed by atoms with E-state index in [0.717, 1.165) is 11.3 Å².